The Labute approximate surface area is 159 Å². The number of piperazine rings is 1. The first-order chi connectivity index (χ1) is 13.2. The lowest BCUT2D eigenvalue weighted by atomic mass is 10.0. The molecule has 1 aliphatic rings. The molecule has 0 bridgehead atoms. The van der Waals surface area contributed by atoms with Gasteiger partial charge >= 0.3 is 0 Å². The van der Waals surface area contributed by atoms with Gasteiger partial charge in [0.1, 0.15) is 11.0 Å². The molecule has 0 radical (unpaired) electrons. The van der Waals surface area contributed by atoms with Gasteiger partial charge in [-0.2, -0.15) is 0 Å². The first-order valence-corrected chi connectivity index (χ1v) is 9.56. The number of aryl methyl sites for hydroxylation is 1. The van der Waals surface area contributed by atoms with Crippen molar-refractivity contribution < 1.29 is 9.74 Å². The highest BCUT2D eigenvalue weighted by atomic mass is 16.6. The van der Waals surface area contributed by atoms with Crippen LogP contribution in [-0.4, -0.2) is 57.5 Å². The molecule has 6 nitrogen and oxygen atoms in total. The summed E-state index contributed by atoms with van der Waals surface area (Å²) in [5.41, 5.74) is 5.49. The van der Waals surface area contributed by atoms with Crippen LogP contribution in [0.1, 0.15) is 23.1 Å². The molecule has 1 fully saturated rings. The predicted molar refractivity (Wildman–Crippen MR) is 104 cm³/mol. The van der Waals surface area contributed by atoms with Crippen LogP contribution < -0.4 is 0 Å². The zero-order valence-corrected chi connectivity index (χ0v) is 15.7. The number of aliphatic hydroxyl groups excluding tert-OH is 1. The molecule has 0 aliphatic carbocycles. The van der Waals surface area contributed by atoms with Gasteiger partial charge in [-0.15, -0.1) is 0 Å². The van der Waals surface area contributed by atoms with Crippen LogP contribution in [0, 0.1) is 6.92 Å². The number of hydrogen-bond acceptors (Lipinski definition) is 6. The van der Waals surface area contributed by atoms with Gasteiger partial charge in [-0.25, -0.2) is 4.63 Å². The molecule has 3 aromatic rings. The lowest BCUT2D eigenvalue weighted by molar-refractivity contribution is 0.0500. The van der Waals surface area contributed by atoms with E-state index in [1.54, 1.807) is 0 Å². The number of rotatable bonds is 6. The van der Waals surface area contributed by atoms with Crippen LogP contribution in [0.5, 0.6) is 0 Å². The minimum atomic E-state index is 0.214. The molecule has 27 heavy (non-hydrogen) atoms. The van der Waals surface area contributed by atoms with Gasteiger partial charge in [0.25, 0.3) is 0 Å². The van der Waals surface area contributed by atoms with E-state index in [1.807, 2.05) is 12.1 Å². The van der Waals surface area contributed by atoms with Crippen LogP contribution in [0.25, 0.3) is 11.0 Å². The first kappa shape index (κ1) is 18.1. The van der Waals surface area contributed by atoms with E-state index >= 15 is 0 Å². The highest BCUT2D eigenvalue weighted by Crippen LogP contribution is 2.22. The highest BCUT2D eigenvalue weighted by molar-refractivity contribution is 5.76. The van der Waals surface area contributed by atoms with E-state index in [9.17, 15) is 5.11 Å². The number of aliphatic hydroxyl groups is 1. The third kappa shape index (κ3) is 4.03. The third-order valence-electron chi connectivity index (χ3n) is 5.55. The monoisotopic (exact) mass is 366 g/mol. The molecule has 1 saturated heterocycles. The molecule has 0 saturated carbocycles. The molecule has 1 N–H and O–H groups in total. The maximum absolute atomic E-state index is 9.57. The Morgan fingerprint density at radius 1 is 1.04 bits per heavy atom. The summed E-state index contributed by atoms with van der Waals surface area (Å²) in [7, 11) is 0. The van der Waals surface area contributed by atoms with Gasteiger partial charge < -0.3 is 5.11 Å². The summed E-state index contributed by atoms with van der Waals surface area (Å²) in [4.78, 5) is 4.95. The molecule has 6 heteroatoms. The van der Waals surface area contributed by atoms with Crippen LogP contribution in [0.2, 0.25) is 0 Å². The molecule has 2 heterocycles. The number of benzene rings is 2. The maximum atomic E-state index is 9.57. The normalized spacial score (nSPS) is 19.0. The third-order valence-corrected chi connectivity index (χ3v) is 5.55. The van der Waals surface area contributed by atoms with Crippen LogP contribution >= 0.6 is 0 Å². The van der Waals surface area contributed by atoms with Crippen molar-refractivity contribution in [2.45, 2.75) is 32.5 Å². The summed E-state index contributed by atoms with van der Waals surface area (Å²) in [6.07, 6.45) is 0.790. The van der Waals surface area contributed by atoms with Crippen LogP contribution in [-0.2, 0) is 13.1 Å². The Morgan fingerprint density at radius 3 is 2.74 bits per heavy atom. The average molecular weight is 366 g/mol. The smallest absolute Gasteiger partial charge is 0.139 e. The second-order valence-electron chi connectivity index (χ2n) is 7.35. The summed E-state index contributed by atoms with van der Waals surface area (Å²) in [5, 5.41) is 17.6. The second kappa shape index (κ2) is 8.17. The maximum Gasteiger partial charge on any atom is 0.139 e. The van der Waals surface area contributed by atoms with Crippen molar-refractivity contribution in [1.82, 2.24) is 20.1 Å². The van der Waals surface area contributed by atoms with Crippen molar-refractivity contribution in [2.24, 2.45) is 0 Å². The van der Waals surface area contributed by atoms with Crippen molar-refractivity contribution >= 4 is 11.0 Å². The minimum absolute atomic E-state index is 0.214. The Kier molecular flexibility index (Phi) is 5.48. The van der Waals surface area contributed by atoms with Crippen molar-refractivity contribution in [3.05, 3.63) is 59.2 Å². The topological polar surface area (TPSA) is 65.6 Å². The standard InChI is InChI=1S/C21H26N4O2/c1-16-5-2-3-6-17(16)14-25-11-10-24(15-19(25)9-12-26)13-18-7-4-8-20-21(18)23-27-22-20/h2-8,19,26H,9-15H2,1H3/t19-/m0/s1. The van der Waals surface area contributed by atoms with Crippen molar-refractivity contribution in [3.63, 3.8) is 0 Å². The first-order valence-electron chi connectivity index (χ1n) is 9.56. The van der Waals surface area contributed by atoms with E-state index in [0.717, 1.165) is 55.7 Å². The van der Waals surface area contributed by atoms with E-state index in [0.29, 0.717) is 6.04 Å². The Morgan fingerprint density at radius 2 is 1.89 bits per heavy atom. The van der Waals surface area contributed by atoms with Crippen LogP contribution in [0.3, 0.4) is 0 Å². The molecule has 142 valence electrons. The molecule has 0 unspecified atom stereocenters. The molecule has 4 rings (SSSR count). The molecule has 1 aliphatic heterocycles. The zero-order valence-electron chi connectivity index (χ0n) is 15.7. The van der Waals surface area contributed by atoms with Gasteiger partial charge in [-0.3, -0.25) is 9.80 Å². The van der Waals surface area contributed by atoms with E-state index in [4.69, 9.17) is 4.63 Å². The Hall–Kier alpha value is -2.28. The summed E-state index contributed by atoms with van der Waals surface area (Å²) in [5.74, 6) is 0. The Bertz CT molecular complexity index is 895. The average Bonchev–Trinajstić information content (AvgIpc) is 3.16. The molecule has 0 spiro atoms. The molecular weight excluding hydrogens is 340 g/mol. The van der Waals surface area contributed by atoms with Gasteiger partial charge in [0, 0.05) is 45.4 Å². The van der Waals surface area contributed by atoms with Gasteiger partial charge in [0.15, 0.2) is 0 Å². The Balaban J connectivity index is 1.46. The molecule has 1 aromatic heterocycles. The minimum Gasteiger partial charge on any atom is -0.396 e. The molecule has 1 atom stereocenters. The van der Waals surface area contributed by atoms with E-state index < -0.39 is 0 Å². The van der Waals surface area contributed by atoms with Gasteiger partial charge in [0.2, 0.25) is 0 Å². The highest BCUT2D eigenvalue weighted by Gasteiger charge is 2.27. The van der Waals surface area contributed by atoms with Gasteiger partial charge in [-0.1, -0.05) is 36.4 Å². The molecule has 0 amide bonds. The van der Waals surface area contributed by atoms with Crippen molar-refractivity contribution in [2.75, 3.05) is 26.2 Å². The van der Waals surface area contributed by atoms with Gasteiger partial charge in [-0.05, 0) is 46.4 Å². The molecular formula is C21H26N4O2. The predicted octanol–water partition coefficient (Wildman–Crippen LogP) is 2.60. The van der Waals surface area contributed by atoms with E-state index in [-0.39, 0.29) is 6.61 Å². The second-order valence-corrected chi connectivity index (χ2v) is 7.35. The summed E-state index contributed by atoms with van der Waals surface area (Å²) >= 11 is 0. The summed E-state index contributed by atoms with van der Waals surface area (Å²) in [6, 6.07) is 14.9. The zero-order chi connectivity index (χ0) is 18.6. The van der Waals surface area contributed by atoms with E-state index in [2.05, 4.69) is 57.4 Å². The fraction of sp³-hybridized carbons (Fsp3) is 0.429. The van der Waals surface area contributed by atoms with Crippen molar-refractivity contribution in [1.29, 1.82) is 0 Å². The van der Waals surface area contributed by atoms with Crippen LogP contribution in [0.4, 0.5) is 0 Å². The molecule has 2 aromatic carbocycles. The summed E-state index contributed by atoms with van der Waals surface area (Å²) in [6.45, 7) is 7.07. The number of fused-ring (bicyclic) bond motifs is 1. The largest absolute Gasteiger partial charge is 0.396 e. The SMILES string of the molecule is Cc1ccccc1CN1CCN(Cc2cccc3nonc23)C[C@@H]1CCO. The van der Waals surface area contributed by atoms with Gasteiger partial charge in [0.05, 0.1) is 0 Å². The fourth-order valence-electron chi connectivity index (χ4n) is 3.97. The lowest BCUT2D eigenvalue weighted by Crippen LogP contribution is -2.52. The van der Waals surface area contributed by atoms with Crippen LogP contribution in [0.15, 0.2) is 47.1 Å². The van der Waals surface area contributed by atoms with Crippen molar-refractivity contribution in [3.8, 4) is 0 Å². The summed E-state index contributed by atoms with van der Waals surface area (Å²) < 4.78 is 4.89. The van der Waals surface area contributed by atoms with E-state index in [1.165, 1.54) is 11.1 Å². The number of nitrogens with zero attached hydrogens (tertiary/aromatic N) is 4. The lowest BCUT2D eigenvalue weighted by Gasteiger charge is -2.41. The fourth-order valence-corrected chi connectivity index (χ4v) is 3.97. The quantitative estimate of drug-likeness (QED) is 0.723. The number of hydrogen-bond donors (Lipinski definition) is 1. The number of aromatic nitrogens is 2.